The smallest absolute Gasteiger partial charge is 0.270 e. The molecular weight excluding hydrogens is 194 g/mol. The normalized spacial score (nSPS) is 16.7. The number of nitro groups is 1. The van der Waals surface area contributed by atoms with Crippen molar-refractivity contribution in [3.05, 3.63) is 40.0 Å². The van der Waals surface area contributed by atoms with Crippen molar-refractivity contribution in [2.24, 2.45) is 0 Å². The molecule has 0 unspecified atom stereocenters. The van der Waals surface area contributed by atoms with E-state index in [4.69, 9.17) is 4.74 Å². The monoisotopic (exact) mass is 205 g/mol. The van der Waals surface area contributed by atoms with Crippen LogP contribution in [0.1, 0.15) is 19.4 Å². The van der Waals surface area contributed by atoms with Crippen molar-refractivity contribution in [3.8, 4) is 5.75 Å². The van der Waals surface area contributed by atoms with Crippen LogP contribution in [0.2, 0.25) is 0 Å². The van der Waals surface area contributed by atoms with Crippen LogP contribution in [0.25, 0.3) is 6.08 Å². The highest BCUT2D eigenvalue weighted by Crippen LogP contribution is 2.32. The van der Waals surface area contributed by atoms with Gasteiger partial charge >= 0.3 is 0 Å². The molecule has 0 spiro atoms. The molecule has 0 saturated heterocycles. The van der Waals surface area contributed by atoms with Gasteiger partial charge in [-0.2, -0.15) is 0 Å². The van der Waals surface area contributed by atoms with Crippen LogP contribution in [-0.2, 0) is 0 Å². The lowest BCUT2D eigenvalue weighted by Gasteiger charge is -2.27. The van der Waals surface area contributed by atoms with Crippen LogP contribution < -0.4 is 4.74 Å². The van der Waals surface area contributed by atoms with Gasteiger partial charge in [-0.25, -0.2) is 0 Å². The van der Waals surface area contributed by atoms with Gasteiger partial charge in [0.1, 0.15) is 11.4 Å². The molecule has 0 amide bonds. The summed E-state index contributed by atoms with van der Waals surface area (Å²) in [6.07, 6.45) is 3.74. The third-order valence-electron chi connectivity index (χ3n) is 2.24. The molecule has 0 aromatic heterocycles. The minimum absolute atomic E-state index is 0.0849. The second-order valence-corrected chi connectivity index (χ2v) is 4.02. The predicted molar refractivity (Wildman–Crippen MR) is 56.8 cm³/mol. The highest BCUT2D eigenvalue weighted by molar-refractivity contribution is 5.63. The summed E-state index contributed by atoms with van der Waals surface area (Å²) in [5.41, 5.74) is 0.494. The summed E-state index contributed by atoms with van der Waals surface area (Å²) in [5, 5.41) is 10.6. The summed E-state index contributed by atoms with van der Waals surface area (Å²) >= 11 is 0. The largest absolute Gasteiger partial charge is 0.483 e. The first kappa shape index (κ1) is 9.71. The van der Waals surface area contributed by atoms with Gasteiger partial charge in [0.05, 0.1) is 4.92 Å². The zero-order valence-electron chi connectivity index (χ0n) is 8.56. The molecule has 0 aliphatic carbocycles. The molecule has 0 fully saturated rings. The SMILES string of the molecule is CC1(C)C=Cc2cc([N+](=O)[O-])ccc2O1. The van der Waals surface area contributed by atoms with Crippen LogP contribution in [-0.4, -0.2) is 10.5 Å². The topological polar surface area (TPSA) is 52.4 Å². The molecule has 78 valence electrons. The van der Waals surface area contributed by atoms with Crippen molar-refractivity contribution in [2.75, 3.05) is 0 Å². The Hall–Kier alpha value is -1.84. The zero-order valence-corrected chi connectivity index (χ0v) is 8.56. The van der Waals surface area contributed by atoms with Crippen molar-refractivity contribution < 1.29 is 9.66 Å². The molecule has 0 saturated carbocycles. The van der Waals surface area contributed by atoms with Gasteiger partial charge in [-0.1, -0.05) is 6.08 Å². The Kier molecular flexibility index (Phi) is 2.00. The van der Waals surface area contributed by atoms with E-state index >= 15 is 0 Å². The number of nitrogens with zero attached hydrogens (tertiary/aromatic N) is 1. The maximum Gasteiger partial charge on any atom is 0.270 e. The number of fused-ring (bicyclic) bond motifs is 1. The van der Waals surface area contributed by atoms with Crippen molar-refractivity contribution in [1.29, 1.82) is 0 Å². The van der Waals surface area contributed by atoms with E-state index in [2.05, 4.69) is 0 Å². The standard InChI is InChI=1S/C11H11NO3/c1-11(2)6-5-8-7-9(12(13)14)3-4-10(8)15-11/h3-7H,1-2H3. The summed E-state index contributed by atoms with van der Waals surface area (Å²) in [6.45, 7) is 3.88. The summed E-state index contributed by atoms with van der Waals surface area (Å²) < 4.78 is 5.64. The number of hydrogen-bond donors (Lipinski definition) is 0. The van der Waals surface area contributed by atoms with E-state index in [-0.39, 0.29) is 11.3 Å². The first-order chi connectivity index (χ1) is 6.98. The highest BCUT2D eigenvalue weighted by atomic mass is 16.6. The summed E-state index contributed by atoms with van der Waals surface area (Å²) in [7, 11) is 0. The van der Waals surface area contributed by atoms with E-state index in [1.807, 2.05) is 26.0 Å². The van der Waals surface area contributed by atoms with Gasteiger partial charge in [0, 0.05) is 17.7 Å². The minimum atomic E-state index is -0.409. The Morgan fingerprint density at radius 2 is 2.13 bits per heavy atom. The molecule has 4 nitrogen and oxygen atoms in total. The lowest BCUT2D eigenvalue weighted by Crippen LogP contribution is -2.27. The molecule has 0 N–H and O–H groups in total. The molecule has 1 aliphatic heterocycles. The Morgan fingerprint density at radius 1 is 1.40 bits per heavy atom. The zero-order chi connectivity index (χ0) is 11.1. The molecule has 0 bridgehead atoms. The Labute approximate surface area is 87.3 Å². The number of benzene rings is 1. The van der Waals surface area contributed by atoms with Gasteiger partial charge < -0.3 is 4.74 Å². The van der Waals surface area contributed by atoms with Gasteiger partial charge in [0.15, 0.2) is 0 Å². The maximum atomic E-state index is 10.6. The third kappa shape index (κ3) is 1.83. The molecule has 2 rings (SSSR count). The molecule has 15 heavy (non-hydrogen) atoms. The number of rotatable bonds is 1. The van der Waals surface area contributed by atoms with E-state index in [1.165, 1.54) is 12.1 Å². The molecule has 0 atom stereocenters. The fourth-order valence-electron chi connectivity index (χ4n) is 1.48. The second-order valence-electron chi connectivity index (χ2n) is 4.02. The van der Waals surface area contributed by atoms with Crippen LogP contribution in [0.4, 0.5) is 5.69 Å². The van der Waals surface area contributed by atoms with Crippen LogP contribution >= 0.6 is 0 Å². The van der Waals surface area contributed by atoms with E-state index in [9.17, 15) is 10.1 Å². The Bertz CT molecular complexity index is 449. The van der Waals surface area contributed by atoms with Gasteiger partial charge in [-0.05, 0) is 26.0 Å². The summed E-state index contributed by atoms with van der Waals surface area (Å²) in [4.78, 5) is 10.1. The van der Waals surface area contributed by atoms with Crippen molar-refractivity contribution in [1.82, 2.24) is 0 Å². The average molecular weight is 205 g/mol. The molecule has 1 heterocycles. The van der Waals surface area contributed by atoms with Crippen molar-refractivity contribution in [3.63, 3.8) is 0 Å². The number of hydrogen-bond acceptors (Lipinski definition) is 3. The number of non-ortho nitro benzene ring substituents is 1. The van der Waals surface area contributed by atoms with Crippen LogP contribution in [0.3, 0.4) is 0 Å². The second kappa shape index (κ2) is 3.08. The Balaban J connectivity index is 2.45. The fraction of sp³-hybridized carbons (Fsp3) is 0.273. The van der Waals surface area contributed by atoms with Crippen LogP contribution in [0, 0.1) is 10.1 Å². The minimum Gasteiger partial charge on any atom is -0.483 e. The highest BCUT2D eigenvalue weighted by Gasteiger charge is 2.22. The molecule has 1 aliphatic rings. The molecule has 1 aromatic carbocycles. The van der Waals surface area contributed by atoms with Gasteiger partial charge in [-0.15, -0.1) is 0 Å². The van der Waals surface area contributed by atoms with Crippen LogP contribution in [0.15, 0.2) is 24.3 Å². The molecular formula is C11H11NO3. The lowest BCUT2D eigenvalue weighted by molar-refractivity contribution is -0.384. The van der Waals surface area contributed by atoms with Crippen molar-refractivity contribution in [2.45, 2.75) is 19.4 Å². The summed E-state index contributed by atoms with van der Waals surface area (Å²) in [5.74, 6) is 0.688. The molecule has 0 radical (unpaired) electrons. The van der Waals surface area contributed by atoms with Gasteiger partial charge in [0.2, 0.25) is 0 Å². The van der Waals surface area contributed by atoms with E-state index in [1.54, 1.807) is 6.07 Å². The fourth-order valence-corrected chi connectivity index (χ4v) is 1.48. The predicted octanol–water partition coefficient (Wildman–Crippen LogP) is 2.78. The van der Waals surface area contributed by atoms with Gasteiger partial charge in [0.25, 0.3) is 5.69 Å². The van der Waals surface area contributed by atoms with E-state index in [0.29, 0.717) is 5.75 Å². The van der Waals surface area contributed by atoms with Crippen LogP contribution in [0.5, 0.6) is 5.75 Å². The lowest BCUT2D eigenvalue weighted by atomic mass is 10.0. The maximum absolute atomic E-state index is 10.6. The third-order valence-corrected chi connectivity index (χ3v) is 2.24. The number of nitro benzene ring substituents is 1. The Morgan fingerprint density at radius 3 is 2.80 bits per heavy atom. The average Bonchev–Trinajstić information content (AvgIpc) is 2.15. The molecule has 1 aromatic rings. The van der Waals surface area contributed by atoms with E-state index < -0.39 is 4.92 Å². The first-order valence-corrected chi connectivity index (χ1v) is 4.65. The van der Waals surface area contributed by atoms with Crippen molar-refractivity contribution >= 4 is 11.8 Å². The molecule has 4 heteroatoms. The van der Waals surface area contributed by atoms with E-state index in [0.717, 1.165) is 5.56 Å². The summed E-state index contributed by atoms with van der Waals surface area (Å²) in [6, 6.07) is 4.61. The first-order valence-electron chi connectivity index (χ1n) is 4.65. The number of ether oxygens (including phenoxy) is 1. The van der Waals surface area contributed by atoms with Gasteiger partial charge in [-0.3, -0.25) is 10.1 Å². The quantitative estimate of drug-likeness (QED) is 0.523.